The molecule has 0 bridgehead atoms. The molecule has 88 valence electrons. The largest absolute Gasteiger partial charge is 0.483 e. The van der Waals surface area contributed by atoms with Crippen molar-refractivity contribution in [3.63, 3.8) is 0 Å². The van der Waals surface area contributed by atoms with Crippen molar-refractivity contribution in [3.05, 3.63) is 0 Å². The van der Waals surface area contributed by atoms with E-state index in [0.717, 1.165) is 19.3 Å². The van der Waals surface area contributed by atoms with Crippen LogP contribution < -0.4 is 0 Å². The summed E-state index contributed by atoms with van der Waals surface area (Å²) in [6, 6.07) is 0. The second-order valence-corrected chi connectivity index (χ2v) is 4.15. The van der Waals surface area contributed by atoms with Crippen LogP contribution in [0, 0.1) is 5.92 Å². The van der Waals surface area contributed by atoms with Gasteiger partial charge in [-0.2, -0.15) is 0 Å². The number of Topliss-reactive ketones (excluding diaryl/α,β-unsaturated/α-hetero) is 1. The molecule has 3 nitrogen and oxygen atoms in total. The van der Waals surface area contributed by atoms with E-state index in [1.165, 1.54) is 0 Å². The van der Waals surface area contributed by atoms with Gasteiger partial charge >= 0.3 is 0 Å². The highest BCUT2D eigenvalue weighted by Crippen LogP contribution is 2.34. The highest BCUT2D eigenvalue weighted by molar-refractivity contribution is 5.88. The van der Waals surface area contributed by atoms with E-state index in [1.54, 1.807) is 13.8 Å². The molecule has 0 aromatic carbocycles. The van der Waals surface area contributed by atoms with Crippen LogP contribution >= 0.6 is 0 Å². The first kappa shape index (κ1) is 14.1. The number of carbonyl (C=O) groups excluding carboxylic acids is 1. The van der Waals surface area contributed by atoms with E-state index < -0.39 is 5.67 Å². The van der Waals surface area contributed by atoms with Crippen LogP contribution in [-0.4, -0.2) is 23.0 Å². The smallest absolute Gasteiger partial charge is 0.290 e. The number of ketones is 1. The fraction of sp³-hybridized carbons (Fsp3) is 0.818. The lowest BCUT2D eigenvalue weighted by Gasteiger charge is -2.29. The van der Waals surface area contributed by atoms with Gasteiger partial charge in [0, 0.05) is 5.92 Å². The van der Waals surface area contributed by atoms with Crippen molar-refractivity contribution < 1.29 is 19.1 Å². The summed E-state index contributed by atoms with van der Waals surface area (Å²) in [7, 11) is 0. The topological polar surface area (TPSA) is 54.4 Å². The molecule has 1 rings (SSSR count). The van der Waals surface area contributed by atoms with Crippen LogP contribution in [0.3, 0.4) is 0 Å². The number of halogens is 1. The Hall–Kier alpha value is -0.930. The number of alkyl halides is 1. The predicted molar refractivity (Wildman–Crippen MR) is 55.5 cm³/mol. The van der Waals surface area contributed by atoms with Crippen LogP contribution in [0.1, 0.15) is 46.0 Å². The molecule has 0 spiro atoms. The van der Waals surface area contributed by atoms with E-state index in [2.05, 4.69) is 0 Å². The maximum Gasteiger partial charge on any atom is 0.290 e. The second kappa shape index (κ2) is 6.53. The van der Waals surface area contributed by atoms with Gasteiger partial charge in [0.1, 0.15) is 0 Å². The molecule has 0 aromatic heterocycles. The summed E-state index contributed by atoms with van der Waals surface area (Å²) in [5.41, 5.74) is -1.48. The van der Waals surface area contributed by atoms with Crippen LogP contribution in [0.5, 0.6) is 0 Å². The third-order valence-corrected chi connectivity index (χ3v) is 2.61. The number of rotatable bonds is 2. The summed E-state index contributed by atoms with van der Waals surface area (Å²) < 4.78 is 13.9. The molecule has 0 atom stereocenters. The second-order valence-electron chi connectivity index (χ2n) is 4.15. The Bertz CT molecular complexity index is 208. The van der Waals surface area contributed by atoms with Gasteiger partial charge < -0.3 is 5.11 Å². The van der Waals surface area contributed by atoms with E-state index in [1.807, 2.05) is 0 Å². The van der Waals surface area contributed by atoms with Gasteiger partial charge in [-0.1, -0.05) is 20.3 Å². The molecule has 0 amide bonds. The highest BCUT2D eigenvalue weighted by atomic mass is 19.1. The van der Waals surface area contributed by atoms with E-state index in [4.69, 9.17) is 9.90 Å². The molecule has 1 aliphatic rings. The summed E-state index contributed by atoms with van der Waals surface area (Å²) in [5.74, 6) is -0.352. The molecular weight excluding hydrogens is 199 g/mol. The fourth-order valence-electron chi connectivity index (χ4n) is 1.88. The molecule has 0 heterocycles. The van der Waals surface area contributed by atoms with Crippen LogP contribution in [0.15, 0.2) is 0 Å². The standard InChI is InChI=1S/C10H17FO.CH2O2/c1-8(2)9(12)10(11)6-4-3-5-7-10;2-1-3/h8H,3-7H2,1-2H3;1H,(H,2,3). The molecule has 1 fully saturated rings. The average Bonchev–Trinajstić information content (AvgIpc) is 2.19. The minimum Gasteiger partial charge on any atom is -0.483 e. The SMILES string of the molecule is CC(C)C(=O)C1(F)CCCCC1.O=CO. The monoisotopic (exact) mass is 218 g/mol. The van der Waals surface area contributed by atoms with Crippen molar-refractivity contribution in [3.8, 4) is 0 Å². The van der Waals surface area contributed by atoms with Gasteiger partial charge in [0.15, 0.2) is 11.5 Å². The summed E-state index contributed by atoms with van der Waals surface area (Å²) in [6.45, 7) is 3.30. The molecule has 1 saturated carbocycles. The zero-order valence-corrected chi connectivity index (χ0v) is 9.33. The van der Waals surface area contributed by atoms with Gasteiger partial charge in [0.05, 0.1) is 0 Å². The van der Waals surface area contributed by atoms with Crippen molar-refractivity contribution in [1.82, 2.24) is 0 Å². The number of carboxylic acid groups (broad SMARTS) is 1. The molecule has 0 unspecified atom stereocenters. The lowest BCUT2D eigenvalue weighted by atomic mass is 9.80. The summed E-state index contributed by atoms with van der Waals surface area (Å²) in [6.07, 6.45) is 3.72. The maximum absolute atomic E-state index is 13.9. The molecule has 0 saturated heterocycles. The Balaban J connectivity index is 0.000000583. The van der Waals surface area contributed by atoms with Crippen LogP contribution in [-0.2, 0) is 9.59 Å². The molecule has 0 aromatic rings. The molecule has 15 heavy (non-hydrogen) atoms. The van der Waals surface area contributed by atoms with Gasteiger partial charge in [-0.3, -0.25) is 9.59 Å². The van der Waals surface area contributed by atoms with Gasteiger partial charge in [0.2, 0.25) is 0 Å². The molecule has 1 aliphatic carbocycles. The third kappa shape index (κ3) is 4.40. The van der Waals surface area contributed by atoms with Crippen molar-refractivity contribution in [1.29, 1.82) is 0 Å². The third-order valence-electron chi connectivity index (χ3n) is 2.61. The van der Waals surface area contributed by atoms with E-state index in [-0.39, 0.29) is 18.2 Å². The van der Waals surface area contributed by atoms with Crippen LogP contribution in [0.25, 0.3) is 0 Å². The molecule has 0 aliphatic heterocycles. The minimum absolute atomic E-state index is 0.159. The van der Waals surface area contributed by atoms with Gasteiger partial charge in [0.25, 0.3) is 6.47 Å². The highest BCUT2D eigenvalue weighted by Gasteiger charge is 2.40. The summed E-state index contributed by atoms with van der Waals surface area (Å²) in [5, 5.41) is 6.89. The van der Waals surface area contributed by atoms with Crippen molar-refractivity contribution in [2.75, 3.05) is 0 Å². The minimum atomic E-state index is -1.48. The van der Waals surface area contributed by atoms with E-state index in [9.17, 15) is 9.18 Å². The van der Waals surface area contributed by atoms with Gasteiger partial charge in [-0.15, -0.1) is 0 Å². The lowest BCUT2D eigenvalue weighted by molar-refractivity contribution is -0.135. The predicted octanol–water partition coefficient (Wildman–Crippen LogP) is 2.58. The van der Waals surface area contributed by atoms with Crippen molar-refractivity contribution in [2.45, 2.75) is 51.6 Å². The molecular formula is C11H19FO3. The van der Waals surface area contributed by atoms with Crippen molar-refractivity contribution in [2.24, 2.45) is 5.92 Å². The molecule has 4 heteroatoms. The number of hydrogen-bond donors (Lipinski definition) is 1. The lowest BCUT2D eigenvalue weighted by Crippen LogP contribution is -2.38. The number of hydrogen-bond acceptors (Lipinski definition) is 2. The van der Waals surface area contributed by atoms with Crippen LogP contribution in [0.2, 0.25) is 0 Å². The summed E-state index contributed by atoms with van der Waals surface area (Å²) >= 11 is 0. The van der Waals surface area contributed by atoms with E-state index >= 15 is 0 Å². The summed E-state index contributed by atoms with van der Waals surface area (Å²) in [4.78, 5) is 19.8. The first-order valence-electron chi connectivity index (χ1n) is 5.29. The Morgan fingerprint density at radius 3 is 2.07 bits per heavy atom. The van der Waals surface area contributed by atoms with Gasteiger partial charge in [-0.25, -0.2) is 4.39 Å². The average molecular weight is 218 g/mol. The zero-order chi connectivity index (χ0) is 11.9. The van der Waals surface area contributed by atoms with E-state index in [0.29, 0.717) is 12.8 Å². The molecule has 1 N–H and O–H groups in total. The fourth-order valence-corrected chi connectivity index (χ4v) is 1.88. The van der Waals surface area contributed by atoms with Gasteiger partial charge in [-0.05, 0) is 25.7 Å². The Morgan fingerprint density at radius 1 is 1.33 bits per heavy atom. The van der Waals surface area contributed by atoms with Crippen molar-refractivity contribution >= 4 is 12.3 Å². The zero-order valence-electron chi connectivity index (χ0n) is 9.33. The normalized spacial score (nSPS) is 18.9. The first-order valence-corrected chi connectivity index (χ1v) is 5.29. The Labute approximate surface area is 89.7 Å². The Morgan fingerprint density at radius 2 is 1.73 bits per heavy atom. The van der Waals surface area contributed by atoms with Crippen LogP contribution in [0.4, 0.5) is 4.39 Å². The maximum atomic E-state index is 13.9. The Kier molecular flexibility index (Phi) is 6.13. The molecule has 0 radical (unpaired) electrons. The quantitative estimate of drug-likeness (QED) is 0.725. The number of carbonyl (C=O) groups is 2. The first-order chi connectivity index (χ1) is 6.98.